The van der Waals surface area contributed by atoms with Crippen molar-refractivity contribution in [1.82, 2.24) is 14.2 Å². The van der Waals surface area contributed by atoms with E-state index in [0.717, 1.165) is 29.2 Å². The smallest absolute Gasteiger partial charge is 0.227 e. The number of sulfonamides is 1. The van der Waals surface area contributed by atoms with E-state index >= 15 is 0 Å². The minimum Gasteiger partial charge on any atom is -0.347 e. The van der Waals surface area contributed by atoms with Crippen LogP contribution in [-0.2, 0) is 14.8 Å². The Morgan fingerprint density at radius 1 is 1.21 bits per heavy atom. The van der Waals surface area contributed by atoms with Gasteiger partial charge in [0.2, 0.25) is 15.9 Å². The summed E-state index contributed by atoms with van der Waals surface area (Å²) in [6, 6.07) is 4.94. The molecule has 1 unspecified atom stereocenters. The van der Waals surface area contributed by atoms with E-state index in [1.165, 1.54) is 28.0 Å². The van der Waals surface area contributed by atoms with Crippen LogP contribution in [0.3, 0.4) is 0 Å². The molecule has 2 aliphatic rings. The first-order chi connectivity index (χ1) is 13.3. The van der Waals surface area contributed by atoms with Gasteiger partial charge in [0.1, 0.15) is 11.3 Å². The number of carbonyl (C=O) groups excluding carboxylic acids is 1. The van der Waals surface area contributed by atoms with Crippen LogP contribution in [0.5, 0.6) is 0 Å². The van der Waals surface area contributed by atoms with Crippen LogP contribution in [0.25, 0.3) is 10.2 Å². The first-order valence-electron chi connectivity index (χ1n) is 9.37. The molecule has 3 heterocycles. The number of halogens is 1. The molecule has 0 N–H and O–H groups in total. The fourth-order valence-corrected chi connectivity index (χ4v) is 5.73. The van der Waals surface area contributed by atoms with E-state index in [2.05, 4.69) is 9.88 Å². The van der Waals surface area contributed by atoms with E-state index in [4.69, 9.17) is 0 Å². The van der Waals surface area contributed by atoms with Gasteiger partial charge in [-0.2, -0.15) is 4.31 Å². The molecule has 1 amide bonds. The van der Waals surface area contributed by atoms with Gasteiger partial charge in [0.15, 0.2) is 5.13 Å². The highest BCUT2D eigenvalue weighted by atomic mass is 32.2. The maximum atomic E-state index is 13.9. The van der Waals surface area contributed by atoms with Crippen LogP contribution < -0.4 is 4.90 Å². The third kappa shape index (κ3) is 3.85. The van der Waals surface area contributed by atoms with E-state index < -0.39 is 10.0 Å². The van der Waals surface area contributed by atoms with Crippen molar-refractivity contribution in [2.75, 3.05) is 50.4 Å². The lowest BCUT2D eigenvalue weighted by Crippen LogP contribution is -2.53. The Kier molecular flexibility index (Phi) is 5.28. The number of rotatable bonds is 3. The van der Waals surface area contributed by atoms with Gasteiger partial charge in [-0.3, -0.25) is 4.79 Å². The molecule has 2 aliphatic heterocycles. The van der Waals surface area contributed by atoms with Crippen molar-refractivity contribution < 1.29 is 17.6 Å². The molecule has 7 nitrogen and oxygen atoms in total. The molecule has 0 aliphatic carbocycles. The quantitative estimate of drug-likeness (QED) is 0.748. The summed E-state index contributed by atoms with van der Waals surface area (Å²) in [7, 11) is -3.21. The van der Waals surface area contributed by atoms with Gasteiger partial charge in [-0.1, -0.05) is 17.4 Å². The zero-order valence-electron chi connectivity index (χ0n) is 15.7. The molecular weight excluding hydrogens is 403 g/mol. The number of piperazine rings is 1. The summed E-state index contributed by atoms with van der Waals surface area (Å²) in [5.41, 5.74) is 0.382. The summed E-state index contributed by atoms with van der Waals surface area (Å²) in [5, 5.41) is 0.750. The topological polar surface area (TPSA) is 73.8 Å². The zero-order chi connectivity index (χ0) is 19.9. The number of amides is 1. The van der Waals surface area contributed by atoms with Crippen molar-refractivity contribution >= 4 is 42.6 Å². The molecule has 2 aromatic rings. The minimum absolute atomic E-state index is 0.0742. The van der Waals surface area contributed by atoms with Crippen molar-refractivity contribution in [2.24, 2.45) is 5.92 Å². The van der Waals surface area contributed by atoms with E-state index in [9.17, 15) is 17.6 Å². The van der Waals surface area contributed by atoms with Crippen LogP contribution in [-0.4, -0.2) is 74.0 Å². The third-order valence-electron chi connectivity index (χ3n) is 5.42. The Bertz CT molecular complexity index is 986. The Morgan fingerprint density at radius 2 is 1.96 bits per heavy atom. The molecule has 0 radical (unpaired) electrons. The SMILES string of the molecule is CS(=O)(=O)N1CCN(C(=O)C2CCCN(c3nc4c(F)cccc4s3)C2)CC1. The van der Waals surface area contributed by atoms with Gasteiger partial charge in [0, 0.05) is 39.3 Å². The average Bonchev–Trinajstić information content (AvgIpc) is 3.13. The molecule has 2 saturated heterocycles. The molecule has 10 heteroatoms. The number of fused-ring (bicyclic) bond motifs is 1. The van der Waals surface area contributed by atoms with Crippen LogP contribution in [0.4, 0.5) is 9.52 Å². The lowest BCUT2D eigenvalue weighted by atomic mass is 9.96. The number of aromatic nitrogens is 1. The van der Waals surface area contributed by atoms with Crippen LogP contribution in [0, 0.1) is 11.7 Å². The number of para-hydroxylation sites is 1. The fourth-order valence-electron chi connectivity index (χ4n) is 3.89. The molecule has 28 heavy (non-hydrogen) atoms. The number of benzene rings is 1. The first kappa shape index (κ1) is 19.5. The third-order valence-corrected chi connectivity index (χ3v) is 7.80. The number of piperidine rings is 1. The maximum Gasteiger partial charge on any atom is 0.227 e. The van der Waals surface area contributed by atoms with Gasteiger partial charge in [-0.05, 0) is 25.0 Å². The number of nitrogens with zero attached hydrogens (tertiary/aromatic N) is 4. The second kappa shape index (κ2) is 7.57. The van der Waals surface area contributed by atoms with Gasteiger partial charge in [0.05, 0.1) is 16.9 Å². The maximum absolute atomic E-state index is 13.9. The number of hydrogen-bond donors (Lipinski definition) is 0. The molecule has 1 aromatic heterocycles. The molecule has 1 atom stereocenters. The average molecular weight is 427 g/mol. The van der Waals surface area contributed by atoms with Gasteiger partial charge in [0.25, 0.3) is 0 Å². The van der Waals surface area contributed by atoms with E-state index in [0.29, 0.717) is 38.2 Å². The predicted octanol–water partition coefficient (Wildman–Crippen LogP) is 1.76. The van der Waals surface area contributed by atoms with E-state index in [-0.39, 0.29) is 17.6 Å². The molecule has 2 fully saturated rings. The van der Waals surface area contributed by atoms with Crippen LogP contribution in [0.2, 0.25) is 0 Å². The summed E-state index contributed by atoms with van der Waals surface area (Å²) >= 11 is 1.45. The first-order valence-corrected chi connectivity index (χ1v) is 12.0. The number of hydrogen-bond acceptors (Lipinski definition) is 6. The predicted molar refractivity (Wildman–Crippen MR) is 108 cm³/mol. The highest BCUT2D eigenvalue weighted by Crippen LogP contribution is 2.33. The van der Waals surface area contributed by atoms with Crippen LogP contribution in [0.15, 0.2) is 18.2 Å². The zero-order valence-corrected chi connectivity index (χ0v) is 17.3. The number of thiazole rings is 1. The number of carbonyl (C=O) groups is 1. The lowest BCUT2D eigenvalue weighted by molar-refractivity contribution is -0.137. The van der Waals surface area contributed by atoms with Crippen molar-refractivity contribution in [1.29, 1.82) is 0 Å². The summed E-state index contributed by atoms with van der Waals surface area (Å²) in [5.74, 6) is -0.395. The highest BCUT2D eigenvalue weighted by molar-refractivity contribution is 7.88. The molecule has 1 aromatic carbocycles. The lowest BCUT2D eigenvalue weighted by Gasteiger charge is -2.38. The Morgan fingerprint density at radius 3 is 2.64 bits per heavy atom. The second-order valence-electron chi connectivity index (χ2n) is 7.36. The molecular formula is C18H23FN4O3S2. The molecule has 152 valence electrons. The van der Waals surface area contributed by atoms with E-state index in [1.807, 2.05) is 6.07 Å². The highest BCUT2D eigenvalue weighted by Gasteiger charge is 2.33. The van der Waals surface area contributed by atoms with E-state index in [1.54, 1.807) is 11.0 Å². The molecule has 0 spiro atoms. The normalized spacial score (nSPS) is 22.0. The van der Waals surface area contributed by atoms with Crippen molar-refractivity contribution in [3.8, 4) is 0 Å². The minimum atomic E-state index is -3.21. The van der Waals surface area contributed by atoms with Crippen molar-refractivity contribution in [3.05, 3.63) is 24.0 Å². The molecule has 4 rings (SSSR count). The summed E-state index contributed by atoms with van der Waals surface area (Å²) < 4.78 is 39.5. The summed E-state index contributed by atoms with van der Waals surface area (Å²) in [6.07, 6.45) is 2.88. The monoisotopic (exact) mass is 426 g/mol. The van der Waals surface area contributed by atoms with Crippen LogP contribution >= 0.6 is 11.3 Å². The summed E-state index contributed by atoms with van der Waals surface area (Å²) in [4.78, 5) is 21.3. The fraction of sp³-hybridized carbons (Fsp3) is 0.556. The second-order valence-corrected chi connectivity index (χ2v) is 10.3. The van der Waals surface area contributed by atoms with Crippen molar-refractivity contribution in [3.63, 3.8) is 0 Å². The largest absolute Gasteiger partial charge is 0.347 e. The van der Waals surface area contributed by atoms with Gasteiger partial charge in [-0.25, -0.2) is 17.8 Å². The van der Waals surface area contributed by atoms with Crippen molar-refractivity contribution in [2.45, 2.75) is 12.8 Å². The Labute approximate surface area is 167 Å². The standard InChI is InChI=1S/C18H23FN4O3S2/c1-28(25,26)23-10-8-21(9-11-23)17(24)13-4-3-7-22(12-13)18-20-16-14(19)5-2-6-15(16)27-18/h2,5-6,13H,3-4,7-12H2,1H3. The Hall–Kier alpha value is -1.78. The van der Waals surface area contributed by atoms with Gasteiger partial charge >= 0.3 is 0 Å². The van der Waals surface area contributed by atoms with Crippen LogP contribution in [0.1, 0.15) is 12.8 Å². The Balaban J connectivity index is 1.43. The summed E-state index contributed by atoms with van der Waals surface area (Å²) in [6.45, 7) is 2.90. The van der Waals surface area contributed by atoms with Gasteiger partial charge in [-0.15, -0.1) is 0 Å². The van der Waals surface area contributed by atoms with Gasteiger partial charge < -0.3 is 9.80 Å². The molecule has 0 saturated carbocycles. The number of anilines is 1. The molecule has 0 bridgehead atoms.